The van der Waals surface area contributed by atoms with Crippen molar-refractivity contribution in [3.63, 3.8) is 0 Å². The number of rotatable bonds is 4. The van der Waals surface area contributed by atoms with Crippen LogP contribution in [-0.2, 0) is 4.74 Å². The summed E-state index contributed by atoms with van der Waals surface area (Å²) in [6.07, 6.45) is -1.66. The van der Waals surface area contributed by atoms with E-state index in [9.17, 15) is 13.2 Å². The molecule has 87 valence electrons. The largest absolute Gasteiger partial charge is 0.573 e. The standard InChI is InChI=1S/C11H10F3O2/c1-15-8-4-6-9-5-2-3-7-10(9)16-11(12,13)14/h2-7H,1,8H2. The maximum Gasteiger partial charge on any atom is 0.573 e. The van der Waals surface area contributed by atoms with Crippen LogP contribution in [-0.4, -0.2) is 13.0 Å². The second-order valence-corrected chi connectivity index (χ2v) is 2.86. The number of alkyl halides is 3. The highest BCUT2D eigenvalue weighted by molar-refractivity contribution is 5.57. The first-order chi connectivity index (χ1) is 7.53. The van der Waals surface area contributed by atoms with Crippen LogP contribution in [0.5, 0.6) is 5.75 Å². The Morgan fingerprint density at radius 2 is 1.94 bits per heavy atom. The van der Waals surface area contributed by atoms with E-state index in [1.54, 1.807) is 12.1 Å². The molecule has 0 aromatic heterocycles. The summed E-state index contributed by atoms with van der Waals surface area (Å²) in [6.45, 7) is 0.223. The average Bonchev–Trinajstić information content (AvgIpc) is 2.19. The molecule has 0 saturated heterocycles. The first kappa shape index (κ1) is 12.6. The Bertz CT molecular complexity index is 358. The second kappa shape index (κ2) is 5.55. The molecule has 0 bridgehead atoms. The van der Waals surface area contributed by atoms with Crippen LogP contribution in [0.4, 0.5) is 13.2 Å². The fourth-order valence-corrected chi connectivity index (χ4v) is 1.08. The number of halogens is 3. The third kappa shape index (κ3) is 4.35. The zero-order valence-electron chi connectivity index (χ0n) is 8.33. The summed E-state index contributed by atoms with van der Waals surface area (Å²) < 4.78 is 44.4. The van der Waals surface area contributed by atoms with Gasteiger partial charge in [0.05, 0.1) is 13.7 Å². The van der Waals surface area contributed by atoms with Crippen molar-refractivity contribution in [2.24, 2.45) is 0 Å². The minimum atomic E-state index is -4.69. The van der Waals surface area contributed by atoms with Crippen molar-refractivity contribution < 1.29 is 22.6 Å². The second-order valence-electron chi connectivity index (χ2n) is 2.86. The van der Waals surface area contributed by atoms with Gasteiger partial charge in [-0.1, -0.05) is 30.4 Å². The van der Waals surface area contributed by atoms with E-state index in [2.05, 4.69) is 16.6 Å². The lowest BCUT2D eigenvalue weighted by Crippen LogP contribution is -2.17. The monoisotopic (exact) mass is 231 g/mol. The van der Waals surface area contributed by atoms with Crippen LogP contribution in [0.3, 0.4) is 0 Å². The molecule has 1 aromatic rings. The number of hydrogen-bond donors (Lipinski definition) is 0. The van der Waals surface area contributed by atoms with Crippen LogP contribution in [0.25, 0.3) is 6.08 Å². The highest BCUT2D eigenvalue weighted by atomic mass is 19.4. The summed E-state index contributed by atoms with van der Waals surface area (Å²) in [7, 11) is 3.14. The normalized spacial score (nSPS) is 12.0. The Hall–Kier alpha value is -1.49. The quantitative estimate of drug-likeness (QED) is 0.790. The summed E-state index contributed by atoms with van der Waals surface area (Å²) in [4.78, 5) is 0. The number of hydrogen-bond acceptors (Lipinski definition) is 2. The van der Waals surface area contributed by atoms with Crippen LogP contribution in [0.1, 0.15) is 5.56 Å². The van der Waals surface area contributed by atoms with Crippen molar-refractivity contribution in [3.05, 3.63) is 43.0 Å². The first-order valence-corrected chi connectivity index (χ1v) is 4.41. The Morgan fingerprint density at radius 1 is 1.25 bits per heavy atom. The summed E-state index contributed by atoms with van der Waals surface area (Å²) >= 11 is 0. The van der Waals surface area contributed by atoms with Gasteiger partial charge in [-0.3, -0.25) is 0 Å². The van der Waals surface area contributed by atoms with Gasteiger partial charge in [-0.15, -0.1) is 13.2 Å². The lowest BCUT2D eigenvalue weighted by molar-refractivity contribution is -0.274. The molecule has 5 heteroatoms. The van der Waals surface area contributed by atoms with Gasteiger partial charge in [-0.2, -0.15) is 0 Å². The van der Waals surface area contributed by atoms with Crippen LogP contribution < -0.4 is 4.74 Å². The van der Waals surface area contributed by atoms with Crippen molar-refractivity contribution in [2.45, 2.75) is 6.36 Å². The van der Waals surface area contributed by atoms with Crippen LogP contribution in [0.2, 0.25) is 0 Å². The molecule has 0 aliphatic heterocycles. The average molecular weight is 231 g/mol. The summed E-state index contributed by atoms with van der Waals surface area (Å²) in [5.41, 5.74) is 0.330. The molecule has 0 fully saturated rings. The zero-order chi connectivity index (χ0) is 12.0. The molecule has 0 spiro atoms. The maximum atomic E-state index is 12.0. The zero-order valence-corrected chi connectivity index (χ0v) is 8.33. The van der Waals surface area contributed by atoms with E-state index in [0.717, 1.165) is 0 Å². The number of para-hydroxylation sites is 1. The van der Waals surface area contributed by atoms with Gasteiger partial charge < -0.3 is 9.47 Å². The van der Waals surface area contributed by atoms with E-state index in [0.29, 0.717) is 5.56 Å². The third-order valence-corrected chi connectivity index (χ3v) is 1.66. The van der Waals surface area contributed by atoms with E-state index in [1.165, 1.54) is 24.3 Å². The van der Waals surface area contributed by atoms with Gasteiger partial charge in [0.1, 0.15) is 5.75 Å². The Balaban J connectivity index is 2.83. The molecule has 0 aliphatic carbocycles. The van der Waals surface area contributed by atoms with Gasteiger partial charge in [0, 0.05) is 5.56 Å². The highest BCUT2D eigenvalue weighted by Crippen LogP contribution is 2.26. The minimum Gasteiger partial charge on any atom is -0.405 e. The fraction of sp³-hybridized carbons (Fsp3) is 0.182. The van der Waals surface area contributed by atoms with Crippen molar-refractivity contribution in [3.8, 4) is 5.75 Å². The lowest BCUT2D eigenvalue weighted by atomic mass is 10.2. The predicted molar refractivity (Wildman–Crippen MR) is 53.5 cm³/mol. The van der Waals surface area contributed by atoms with Crippen LogP contribution >= 0.6 is 0 Å². The first-order valence-electron chi connectivity index (χ1n) is 4.41. The smallest absolute Gasteiger partial charge is 0.405 e. The van der Waals surface area contributed by atoms with Crippen molar-refractivity contribution >= 4 is 6.08 Å². The fourth-order valence-electron chi connectivity index (χ4n) is 1.08. The van der Waals surface area contributed by atoms with E-state index in [-0.39, 0.29) is 12.4 Å². The predicted octanol–water partition coefficient (Wildman–Crippen LogP) is 3.41. The molecule has 0 unspecified atom stereocenters. The molecule has 1 rings (SSSR count). The lowest BCUT2D eigenvalue weighted by Gasteiger charge is -2.10. The Labute approximate surface area is 91.3 Å². The van der Waals surface area contributed by atoms with Crippen molar-refractivity contribution in [1.82, 2.24) is 0 Å². The maximum absolute atomic E-state index is 12.0. The molecule has 0 aliphatic rings. The van der Waals surface area contributed by atoms with Crippen LogP contribution in [0.15, 0.2) is 30.3 Å². The Kier molecular flexibility index (Phi) is 4.37. The number of benzene rings is 1. The Morgan fingerprint density at radius 3 is 2.56 bits per heavy atom. The molecule has 0 saturated carbocycles. The molecule has 1 aromatic carbocycles. The molecule has 2 nitrogen and oxygen atoms in total. The minimum absolute atomic E-state index is 0.223. The van der Waals surface area contributed by atoms with E-state index >= 15 is 0 Å². The van der Waals surface area contributed by atoms with E-state index in [1.807, 2.05) is 0 Å². The molecule has 0 N–H and O–H groups in total. The number of ether oxygens (including phenoxy) is 2. The molecule has 0 heterocycles. The van der Waals surface area contributed by atoms with Gasteiger partial charge in [0.25, 0.3) is 0 Å². The summed E-state index contributed by atoms with van der Waals surface area (Å²) in [5, 5.41) is 0. The third-order valence-electron chi connectivity index (χ3n) is 1.66. The van der Waals surface area contributed by atoms with Crippen LogP contribution in [0, 0.1) is 7.11 Å². The molecule has 1 radical (unpaired) electrons. The molecule has 16 heavy (non-hydrogen) atoms. The topological polar surface area (TPSA) is 18.5 Å². The van der Waals surface area contributed by atoms with E-state index < -0.39 is 6.36 Å². The summed E-state index contributed by atoms with van der Waals surface area (Å²) in [5.74, 6) is -0.240. The van der Waals surface area contributed by atoms with Crippen molar-refractivity contribution in [2.75, 3.05) is 6.61 Å². The molecular formula is C11H10F3O2. The van der Waals surface area contributed by atoms with E-state index in [4.69, 9.17) is 0 Å². The molecule has 0 amide bonds. The highest BCUT2D eigenvalue weighted by Gasteiger charge is 2.31. The molecule has 0 atom stereocenters. The van der Waals surface area contributed by atoms with Crippen molar-refractivity contribution in [1.29, 1.82) is 0 Å². The van der Waals surface area contributed by atoms with Gasteiger partial charge in [0.15, 0.2) is 0 Å². The van der Waals surface area contributed by atoms with Gasteiger partial charge in [-0.25, -0.2) is 0 Å². The van der Waals surface area contributed by atoms with Gasteiger partial charge >= 0.3 is 6.36 Å². The van der Waals surface area contributed by atoms with Gasteiger partial charge in [-0.05, 0) is 6.07 Å². The molecular weight excluding hydrogens is 221 g/mol. The van der Waals surface area contributed by atoms with Gasteiger partial charge in [0.2, 0.25) is 0 Å². The SMILES string of the molecule is [CH2]OCC=Cc1ccccc1OC(F)(F)F. The summed E-state index contributed by atoms with van der Waals surface area (Å²) in [6, 6.07) is 5.85.